The Morgan fingerprint density at radius 3 is 3.00 bits per heavy atom. The van der Waals surface area contributed by atoms with Crippen LogP contribution in [0.25, 0.3) is 21.5 Å². The smallest absolute Gasteiger partial charge is 0.256 e. The summed E-state index contributed by atoms with van der Waals surface area (Å²) in [6, 6.07) is 1.51. The highest BCUT2D eigenvalue weighted by Crippen LogP contribution is 2.50. The molecule has 3 rings (SSSR count). The highest BCUT2D eigenvalue weighted by molar-refractivity contribution is 6.23. The van der Waals surface area contributed by atoms with Gasteiger partial charge in [0.15, 0.2) is 6.23 Å². The molecule has 1 aliphatic heterocycles. The van der Waals surface area contributed by atoms with Gasteiger partial charge >= 0.3 is 0 Å². The van der Waals surface area contributed by atoms with E-state index in [-0.39, 0.29) is 11.5 Å². The largest absolute Gasteiger partial charge is 0.393 e. The first-order chi connectivity index (χ1) is 10.9. The third kappa shape index (κ3) is 2.10. The molecule has 1 aliphatic rings. The van der Waals surface area contributed by atoms with E-state index in [1.165, 1.54) is 23.2 Å². The summed E-state index contributed by atoms with van der Waals surface area (Å²) in [7, 11) is 0. The zero-order valence-corrected chi connectivity index (χ0v) is 12.2. The summed E-state index contributed by atoms with van der Waals surface area (Å²) in [5.74, 6) is 0.162. The molecular formula is C11H11ClFN7O3. The fourth-order valence-electron chi connectivity index (χ4n) is 2.50. The molecule has 0 radical (unpaired) electrons. The zero-order valence-electron chi connectivity index (χ0n) is 11.4. The number of azide groups is 1. The average Bonchev–Trinajstić information content (AvgIpc) is 3.02. The van der Waals surface area contributed by atoms with Crippen molar-refractivity contribution in [3.05, 3.63) is 29.0 Å². The second-order valence-electron chi connectivity index (χ2n) is 4.96. The first kappa shape index (κ1) is 15.7. The van der Waals surface area contributed by atoms with Crippen molar-refractivity contribution in [3.8, 4) is 0 Å². The number of ether oxygens (including phenoxy) is 1. The number of nitrogens with zero attached hydrogens (tertiary/aromatic N) is 6. The Hall–Kier alpha value is -2.17. The van der Waals surface area contributed by atoms with Crippen molar-refractivity contribution in [1.29, 1.82) is 0 Å². The number of aromatic nitrogens is 3. The summed E-state index contributed by atoms with van der Waals surface area (Å²) < 4.78 is 21.3. The van der Waals surface area contributed by atoms with Crippen LogP contribution in [0.2, 0.25) is 0 Å². The lowest BCUT2D eigenvalue weighted by Crippen LogP contribution is -2.46. The molecule has 10 nitrogen and oxygen atoms in total. The quantitative estimate of drug-likeness (QED) is 0.324. The Bertz CT molecular complexity index is 808. The van der Waals surface area contributed by atoms with Crippen molar-refractivity contribution >= 4 is 28.5 Å². The van der Waals surface area contributed by atoms with Crippen molar-refractivity contribution in [2.24, 2.45) is 5.11 Å². The number of rotatable bonds is 3. The van der Waals surface area contributed by atoms with Gasteiger partial charge in [-0.2, -0.15) is 0 Å². The molecule has 4 atom stereocenters. The summed E-state index contributed by atoms with van der Waals surface area (Å²) in [4.78, 5) is 10.2. The van der Waals surface area contributed by atoms with Gasteiger partial charge in [0.25, 0.3) is 5.13 Å². The van der Waals surface area contributed by atoms with Crippen LogP contribution in [-0.2, 0) is 4.74 Å². The molecule has 2 aromatic rings. The highest BCUT2D eigenvalue weighted by Gasteiger charge is 2.65. The maximum atomic E-state index is 14.9. The van der Waals surface area contributed by atoms with E-state index in [4.69, 9.17) is 27.6 Å². The zero-order chi connectivity index (χ0) is 16.8. The van der Waals surface area contributed by atoms with Gasteiger partial charge < -0.3 is 25.3 Å². The fourth-order valence-corrected chi connectivity index (χ4v) is 2.82. The van der Waals surface area contributed by atoms with Crippen molar-refractivity contribution in [3.63, 3.8) is 0 Å². The van der Waals surface area contributed by atoms with Gasteiger partial charge in [0, 0.05) is 11.1 Å². The molecule has 1 fully saturated rings. The van der Waals surface area contributed by atoms with Crippen LogP contribution in [0, 0.1) is 0 Å². The monoisotopic (exact) mass is 343 g/mol. The number of hydrogen-bond donors (Lipinski definition) is 3. The average molecular weight is 344 g/mol. The van der Waals surface area contributed by atoms with Gasteiger partial charge in [0.05, 0.1) is 12.0 Å². The molecule has 0 saturated carbocycles. The molecule has 4 N–H and O–H groups in total. The van der Waals surface area contributed by atoms with Crippen LogP contribution in [0.1, 0.15) is 6.23 Å². The number of nitrogen functional groups attached to an aromatic ring is 1. The number of alkyl halides is 2. The lowest BCUT2D eigenvalue weighted by atomic mass is 10.1. The third-order valence-corrected chi connectivity index (χ3v) is 4.06. The topological polar surface area (TPSA) is 155 Å². The van der Waals surface area contributed by atoms with Gasteiger partial charge in [0.2, 0.25) is 5.72 Å². The van der Waals surface area contributed by atoms with Crippen LogP contribution < -0.4 is 5.73 Å². The molecule has 0 aliphatic carbocycles. The maximum Gasteiger partial charge on any atom is 0.256 e. The van der Waals surface area contributed by atoms with Gasteiger partial charge in [0.1, 0.15) is 23.9 Å². The number of hydrogen-bond acceptors (Lipinski definition) is 7. The first-order valence-corrected chi connectivity index (χ1v) is 6.73. The van der Waals surface area contributed by atoms with E-state index in [2.05, 4.69) is 20.0 Å². The second kappa shape index (κ2) is 5.18. The molecule has 2 aromatic heterocycles. The van der Waals surface area contributed by atoms with E-state index in [0.29, 0.717) is 5.39 Å². The lowest BCUT2D eigenvalue weighted by molar-refractivity contribution is -0.122. The molecule has 122 valence electrons. The Kier molecular flexibility index (Phi) is 3.54. The maximum absolute atomic E-state index is 14.9. The molecule has 12 heteroatoms. The number of fused-ring (bicyclic) bond motifs is 1. The molecule has 1 saturated heterocycles. The van der Waals surface area contributed by atoms with E-state index < -0.39 is 29.8 Å². The number of aliphatic hydroxyl groups is 2. The molecule has 23 heavy (non-hydrogen) atoms. The molecule has 0 bridgehead atoms. The highest BCUT2D eigenvalue weighted by atomic mass is 35.5. The lowest BCUT2D eigenvalue weighted by Gasteiger charge is -2.24. The van der Waals surface area contributed by atoms with Gasteiger partial charge in [-0.15, -0.1) is 0 Å². The van der Waals surface area contributed by atoms with E-state index in [1.807, 2.05) is 0 Å². The summed E-state index contributed by atoms with van der Waals surface area (Å²) in [5, 5.41) is 20.2. The number of nitrogens with two attached hydrogens (primary N) is 1. The van der Waals surface area contributed by atoms with E-state index >= 15 is 0 Å². The minimum atomic E-state index is -2.89. The van der Waals surface area contributed by atoms with E-state index in [9.17, 15) is 14.6 Å². The second-order valence-corrected chi connectivity index (χ2v) is 5.54. The van der Waals surface area contributed by atoms with Crippen molar-refractivity contribution in [2.75, 3.05) is 12.3 Å². The minimum Gasteiger partial charge on any atom is -0.393 e. The summed E-state index contributed by atoms with van der Waals surface area (Å²) >= 11 is 5.78. The van der Waals surface area contributed by atoms with Gasteiger partial charge in [-0.05, 0) is 11.6 Å². The van der Waals surface area contributed by atoms with Crippen LogP contribution in [-0.4, -0.2) is 48.3 Å². The SMILES string of the molecule is [N-]=[N+]=N[C@]1(CO)O[C@@H](n2ccc3c(N)ncnc32)[C@@](F)(Cl)[C@@H]1O. The van der Waals surface area contributed by atoms with Gasteiger partial charge in [-0.25, -0.2) is 14.4 Å². The summed E-state index contributed by atoms with van der Waals surface area (Å²) in [6.07, 6.45) is -1.18. The number of aliphatic hydroxyl groups excluding tert-OH is 2. The Morgan fingerprint density at radius 1 is 1.61 bits per heavy atom. The minimum absolute atomic E-state index is 0.162. The standard InChI is InChI=1S/C11H11ClFN7O3/c12-11(13)8(22)10(3-21,18-19-15)23-9(11)20-2-1-5-6(14)16-4-17-7(5)20/h1-2,4,8-9,21-22H,3H2,(H2,14,16,17)/t8-,9-,10-,11-/m1/s1. The molecule has 0 spiro atoms. The third-order valence-electron chi connectivity index (χ3n) is 3.67. The van der Waals surface area contributed by atoms with E-state index in [0.717, 1.165) is 0 Å². The van der Waals surface area contributed by atoms with Gasteiger partial charge in [-0.3, -0.25) is 0 Å². The first-order valence-electron chi connectivity index (χ1n) is 6.35. The Labute approximate surface area is 132 Å². The van der Waals surface area contributed by atoms with E-state index in [1.54, 1.807) is 0 Å². The Balaban J connectivity index is 2.15. The summed E-state index contributed by atoms with van der Waals surface area (Å²) in [6.45, 7) is -0.969. The number of halogens is 2. The van der Waals surface area contributed by atoms with Crippen LogP contribution in [0.4, 0.5) is 10.2 Å². The fraction of sp³-hybridized carbons (Fsp3) is 0.455. The molecular weight excluding hydrogens is 333 g/mol. The summed E-state index contributed by atoms with van der Waals surface area (Å²) in [5.41, 5.74) is 12.2. The van der Waals surface area contributed by atoms with Crippen molar-refractivity contribution in [2.45, 2.75) is 23.2 Å². The normalized spacial score (nSPS) is 33.7. The van der Waals surface area contributed by atoms with Crippen molar-refractivity contribution < 1.29 is 19.3 Å². The molecule has 0 amide bonds. The predicted octanol–water partition coefficient (Wildman–Crippen LogP) is 0.807. The van der Waals surface area contributed by atoms with Crippen LogP contribution in [0.5, 0.6) is 0 Å². The Morgan fingerprint density at radius 2 is 2.35 bits per heavy atom. The van der Waals surface area contributed by atoms with Gasteiger partial charge in [-0.1, -0.05) is 16.7 Å². The molecule has 0 aromatic carbocycles. The molecule has 3 heterocycles. The molecule has 0 unspecified atom stereocenters. The predicted molar refractivity (Wildman–Crippen MR) is 76.7 cm³/mol. The van der Waals surface area contributed by atoms with Crippen LogP contribution in [0.15, 0.2) is 23.7 Å². The number of anilines is 1. The van der Waals surface area contributed by atoms with Crippen LogP contribution >= 0.6 is 11.6 Å². The van der Waals surface area contributed by atoms with Crippen LogP contribution in [0.3, 0.4) is 0 Å². The van der Waals surface area contributed by atoms with Crippen molar-refractivity contribution in [1.82, 2.24) is 14.5 Å².